The molecular weight excluding hydrogens is 364 g/mol. The van der Waals surface area contributed by atoms with Crippen LogP contribution in [0, 0.1) is 0 Å². The van der Waals surface area contributed by atoms with E-state index in [9.17, 15) is 13.2 Å². The standard InChI is InChI=1S/C19H28N4O3S/c1-3-23(4-2)27(25,26)16-9-10-18-17(13-16)20-14-22(18)12-11-19(24)21-15-7-5-6-8-15/h9-10,13-15H,3-8,11-12H2,1-2H3,(H,21,24). The number of nitrogens with one attached hydrogen (secondary N) is 1. The minimum absolute atomic E-state index is 0.0597. The first kappa shape index (κ1) is 19.8. The van der Waals surface area contributed by atoms with E-state index >= 15 is 0 Å². The van der Waals surface area contributed by atoms with Gasteiger partial charge in [0.2, 0.25) is 15.9 Å². The summed E-state index contributed by atoms with van der Waals surface area (Å²) in [5, 5.41) is 3.09. The molecule has 1 fully saturated rings. The lowest BCUT2D eigenvalue weighted by molar-refractivity contribution is -0.121. The maximum Gasteiger partial charge on any atom is 0.243 e. The summed E-state index contributed by atoms with van der Waals surface area (Å²) in [4.78, 5) is 16.7. The molecule has 8 heteroatoms. The number of sulfonamides is 1. The van der Waals surface area contributed by atoms with Crippen LogP contribution in [0.2, 0.25) is 0 Å². The topological polar surface area (TPSA) is 84.3 Å². The number of rotatable bonds is 8. The molecule has 0 bridgehead atoms. The van der Waals surface area contributed by atoms with Gasteiger partial charge in [-0.1, -0.05) is 26.7 Å². The molecule has 2 aromatic rings. The Morgan fingerprint density at radius 1 is 1.26 bits per heavy atom. The quantitative estimate of drug-likeness (QED) is 0.748. The number of aryl methyl sites for hydroxylation is 1. The van der Waals surface area contributed by atoms with E-state index in [1.54, 1.807) is 24.5 Å². The van der Waals surface area contributed by atoms with E-state index in [0.717, 1.165) is 18.4 Å². The summed E-state index contributed by atoms with van der Waals surface area (Å²) in [6.45, 7) is 5.04. The predicted molar refractivity (Wildman–Crippen MR) is 105 cm³/mol. The molecule has 0 aliphatic heterocycles. The van der Waals surface area contributed by atoms with Gasteiger partial charge in [-0.15, -0.1) is 0 Å². The van der Waals surface area contributed by atoms with Crippen molar-refractivity contribution in [3.8, 4) is 0 Å². The second kappa shape index (κ2) is 8.39. The van der Waals surface area contributed by atoms with Crippen LogP contribution in [0.1, 0.15) is 46.0 Å². The predicted octanol–water partition coefficient (Wildman–Crippen LogP) is 2.52. The molecule has 0 unspecified atom stereocenters. The Bertz CT molecular complexity index is 897. The number of aromatic nitrogens is 2. The number of hydrogen-bond acceptors (Lipinski definition) is 4. The van der Waals surface area contributed by atoms with Gasteiger partial charge in [0.25, 0.3) is 0 Å². The van der Waals surface area contributed by atoms with Gasteiger partial charge in [0.15, 0.2) is 0 Å². The number of hydrogen-bond donors (Lipinski definition) is 1. The van der Waals surface area contributed by atoms with Crippen LogP contribution in [0.25, 0.3) is 11.0 Å². The molecule has 148 valence electrons. The monoisotopic (exact) mass is 392 g/mol. The van der Waals surface area contributed by atoms with Crippen LogP contribution in [0.5, 0.6) is 0 Å². The maximum absolute atomic E-state index is 12.7. The van der Waals surface area contributed by atoms with E-state index < -0.39 is 10.0 Å². The average molecular weight is 393 g/mol. The molecule has 0 saturated heterocycles. The van der Waals surface area contributed by atoms with E-state index in [1.807, 2.05) is 18.4 Å². The van der Waals surface area contributed by atoms with Crippen molar-refractivity contribution in [2.75, 3.05) is 13.1 Å². The van der Waals surface area contributed by atoms with Gasteiger partial charge >= 0.3 is 0 Å². The van der Waals surface area contributed by atoms with E-state index in [1.165, 1.54) is 17.1 Å². The van der Waals surface area contributed by atoms with Crippen LogP contribution in [-0.2, 0) is 21.4 Å². The van der Waals surface area contributed by atoms with Gasteiger partial charge in [0.1, 0.15) is 0 Å². The van der Waals surface area contributed by atoms with Gasteiger partial charge in [-0.05, 0) is 31.0 Å². The fourth-order valence-corrected chi connectivity index (χ4v) is 5.17. The van der Waals surface area contributed by atoms with Gasteiger partial charge in [-0.25, -0.2) is 13.4 Å². The lowest BCUT2D eigenvalue weighted by Crippen LogP contribution is -2.33. The molecule has 7 nitrogen and oxygen atoms in total. The molecule has 3 rings (SSSR count). The first-order valence-electron chi connectivity index (χ1n) is 9.70. The number of imidazole rings is 1. The molecule has 1 N–H and O–H groups in total. The average Bonchev–Trinajstić information content (AvgIpc) is 3.29. The molecule has 0 spiro atoms. The van der Waals surface area contributed by atoms with E-state index in [0.29, 0.717) is 37.6 Å². The summed E-state index contributed by atoms with van der Waals surface area (Å²) in [6, 6.07) is 5.32. The van der Waals surface area contributed by atoms with Crippen LogP contribution in [0.15, 0.2) is 29.4 Å². The zero-order valence-corrected chi connectivity index (χ0v) is 16.8. The minimum Gasteiger partial charge on any atom is -0.353 e. The molecule has 1 aromatic carbocycles. The molecule has 1 aliphatic carbocycles. The molecule has 27 heavy (non-hydrogen) atoms. The summed E-state index contributed by atoms with van der Waals surface area (Å²) >= 11 is 0. The highest BCUT2D eigenvalue weighted by molar-refractivity contribution is 7.89. The van der Waals surface area contributed by atoms with Crippen LogP contribution in [0.3, 0.4) is 0 Å². The number of fused-ring (bicyclic) bond motifs is 1. The van der Waals surface area contributed by atoms with Crippen molar-refractivity contribution in [3.05, 3.63) is 24.5 Å². The zero-order chi connectivity index (χ0) is 19.4. The molecule has 1 aliphatic rings. The summed E-state index contributed by atoms with van der Waals surface area (Å²) in [5.74, 6) is 0.0597. The molecule has 1 heterocycles. The van der Waals surface area contributed by atoms with Gasteiger partial charge in [-0.3, -0.25) is 4.79 Å². The van der Waals surface area contributed by atoms with Gasteiger partial charge < -0.3 is 9.88 Å². The molecular formula is C19H28N4O3S. The van der Waals surface area contributed by atoms with E-state index in [-0.39, 0.29) is 10.8 Å². The Labute approximate surface area is 160 Å². The first-order valence-corrected chi connectivity index (χ1v) is 11.1. The number of carbonyl (C=O) groups is 1. The van der Waals surface area contributed by atoms with Crippen molar-refractivity contribution in [3.63, 3.8) is 0 Å². The first-order chi connectivity index (χ1) is 13.0. The summed E-state index contributed by atoms with van der Waals surface area (Å²) in [7, 11) is -3.50. The van der Waals surface area contributed by atoms with E-state index in [4.69, 9.17) is 0 Å². The SMILES string of the molecule is CCN(CC)S(=O)(=O)c1ccc2c(c1)ncn2CCC(=O)NC1CCCC1. The van der Waals surface area contributed by atoms with Crippen molar-refractivity contribution in [2.24, 2.45) is 0 Å². The van der Waals surface area contributed by atoms with Crippen molar-refractivity contribution in [1.82, 2.24) is 19.2 Å². The van der Waals surface area contributed by atoms with Crippen molar-refractivity contribution >= 4 is 27.0 Å². The lowest BCUT2D eigenvalue weighted by atomic mass is 10.2. The Morgan fingerprint density at radius 2 is 1.96 bits per heavy atom. The molecule has 0 atom stereocenters. The fraction of sp³-hybridized carbons (Fsp3) is 0.579. The molecule has 0 radical (unpaired) electrons. The highest BCUT2D eigenvalue weighted by Gasteiger charge is 2.22. The molecule has 1 saturated carbocycles. The second-order valence-corrected chi connectivity index (χ2v) is 8.91. The normalized spacial score (nSPS) is 15.7. The maximum atomic E-state index is 12.7. The Morgan fingerprint density at radius 3 is 2.63 bits per heavy atom. The third-order valence-electron chi connectivity index (χ3n) is 5.24. The van der Waals surface area contributed by atoms with Gasteiger partial charge in [0.05, 0.1) is 22.3 Å². The molecule has 1 amide bonds. The second-order valence-electron chi connectivity index (χ2n) is 6.98. The summed E-state index contributed by atoms with van der Waals surface area (Å²) in [5.41, 5.74) is 1.46. The third kappa shape index (κ3) is 4.32. The lowest BCUT2D eigenvalue weighted by Gasteiger charge is -2.18. The van der Waals surface area contributed by atoms with Crippen molar-refractivity contribution in [2.45, 2.75) is 63.4 Å². The minimum atomic E-state index is -3.50. The number of amides is 1. The smallest absolute Gasteiger partial charge is 0.243 e. The number of benzene rings is 1. The van der Waals surface area contributed by atoms with Crippen molar-refractivity contribution in [1.29, 1.82) is 0 Å². The van der Waals surface area contributed by atoms with Crippen LogP contribution < -0.4 is 5.32 Å². The van der Waals surface area contributed by atoms with Crippen LogP contribution >= 0.6 is 0 Å². The van der Waals surface area contributed by atoms with Crippen LogP contribution in [-0.4, -0.2) is 47.3 Å². The highest BCUT2D eigenvalue weighted by atomic mass is 32.2. The van der Waals surface area contributed by atoms with Crippen LogP contribution in [0.4, 0.5) is 0 Å². The zero-order valence-electron chi connectivity index (χ0n) is 16.0. The van der Waals surface area contributed by atoms with E-state index in [2.05, 4.69) is 10.3 Å². The number of nitrogens with zero attached hydrogens (tertiary/aromatic N) is 3. The summed E-state index contributed by atoms with van der Waals surface area (Å²) < 4.78 is 28.7. The molecule has 1 aromatic heterocycles. The third-order valence-corrected chi connectivity index (χ3v) is 7.28. The van der Waals surface area contributed by atoms with Gasteiger partial charge in [-0.2, -0.15) is 4.31 Å². The Balaban J connectivity index is 1.71. The highest BCUT2D eigenvalue weighted by Crippen LogP contribution is 2.22. The number of carbonyl (C=O) groups excluding carboxylic acids is 1. The largest absolute Gasteiger partial charge is 0.353 e. The van der Waals surface area contributed by atoms with Crippen molar-refractivity contribution < 1.29 is 13.2 Å². The fourth-order valence-electron chi connectivity index (χ4n) is 3.69. The Kier molecular flexibility index (Phi) is 6.16. The van der Waals surface area contributed by atoms with Gasteiger partial charge in [0, 0.05) is 32.1 Å². The summed E-state index contributed by atoms with van der Waals surface area (Å²) in [6.07, 6.45) is 6.58. The Hall–Kier alpha value is -1.93.